The first kappa shape index (κ1) is 14.5. The number of hydrogen-bond acceptors (Lipinski definition) is 5. The van der Waals surface area contributed by atoms with E-state index in [1.54, 1.807) is 31.4 Å². The number of ether oxygens (including phenoxy) is 1. The van der Waals surface area contributed by atoms with Crippen molar-refractivity contribution < 1.29 is 24.9 Å². The number of amides is 1. The first-order valence-corrected chi connectivity index (χ1v) is 6.17. The van der Waals surface area contributed by atoms with Crippen LogP contribution < -0.4 is 10.1 Å². The van der Waals surface area contributed by atoms with E-state index in [0.29, 0.717) is 5.75 Å². The smallest absolute Gasteiger partial charge is 0.259 e. The van der Waals surface area contributed by atoms with E-state index in [9.17, 15) is 20.1 Å². The van der Waals surface area contributed by atoms with Crippen LogP contribution in [0.4, 0.5) is 0 Å². The molecule has 0 aliphatic heterocycles. The van der Waals surface area contributed by atoms with Gasteiger partial charge in [0.1, 0.15) is 28.6 Å². The highest BCUT2D eigenvalue weighted by atomic mass is 16.5. The molecule has 0 radical (unpaired) electrons. The molecule has 2 rings (SSSR count). The van der Waals surface area contributed by atoms with Gasteiger partial charge >= 0.3 is 0 Å². The number of nitrogens with one attached hydrogen (secondary N) is 1. The van der Waals surface area contributed by atoms with Gasteiger partial charge in [0, 0.05) is 18.7 Å². The Bertz CT molecular complexity index is 646. The minimum absolute atomic E-state index is 0.204. The Labute approximate surface area is 121 Å². The van der Waals surface area contributed by atoms with Gasteiger partial charge in [0.05, 0.1) is 7.11 Å². The summed E-state index contributed by atoms with van der Waals surface area (Å²) in [5.74, 6) is -1.29. The average molecular weight is 289 g/mol. The fourth-order valence-electron chi connectivity index (χ4n) is 1.88. The van der Waals surface area contributed by atoms with Gasteiger partial charge < -0.3 is 25.4 Å². The number of carbonyl (C=O) groups excluding carboxylic acids is 1. The molecule has 0 unspecified atom stereocenters. The monoisotopic (exact) mass is 289 g/mol. The molecule has 0 spiro atoms. The van der Waals surface area contributed by atoms with E-state index < -0.39 is 17.4 Å². The van der Waals surface area contributed by atoms with Crippen molar-refractivity contribution >= 4 is 5.91 Å². The first-order valence-electron chi connectivity index (χ1n) is 6.17. The molecule has 6 heteroatoms. The molecular weight excluding hydrogens is 274 g/mol. The first-order chi connectivity index (χ1) is 10.0. The summed E-state index contributed by atoms with van der Waals surface area (Å²) in [5, 5.41) is 31.0. The molecule has 0 fully saturated rings. The topological polar surface area (TPSA) is 99.0 Å². The Morgan fingerprint density at radius 1 is 1.14 bits per heavy atom. The molecule has 6 nitrogen and oxygen atoms in total. The van der Waals surface area contributed by atoms with Crippen LogP contribution in [0.5, 0.6) is 23.0 Å². The lowest BCUT2D eigenvalue weighted by Gasteiger charge is -2.10. The van der Waals surface area contributed by atoms with Crippen molar-refractivity contribution in [1.82, 2.24) is 5.32 Å². The van der Waals surface area contributed by atoms with E-state index in [0.717, 1.165) is 17.7 Å². The van der Waals surface area contributed by atoms with Crippen LogP contribution in [-0.2, 0) is 6.54 Å². The molecule has 0 aliphatic carbocycles. The SMILES string of the molecule is COc1cccc(CNC(=O)c2c(O)cc(O)cc2O)c1. The second-order valence-corrected chi connectivity index (χ2v) is 4.39. The minimum atomic E-state index is -0.646. The van der Waals surface area contributed by atoms with Crippen molar-refractivity contribution in [2.45, 2.75) is 6.54 Å². The fraction of sp³-hybridized carbons (Fsp3) is 0.133. The van der Waals surface area contributed by atoms with Gasteiger partial charge in [0.25, 0.3) is 5.91 Å². The number of phenols is 3. The summed E-state index contributed by atoms with van der Waals surface area (Å²) in [6, 6.07) is 9.11. The molecular formula is C15H15NO5. The zero-order valence-corrected chi connectivity index (χ0v) is 11.3. The number of carbonyl (C=O) groups is 1. The van der Waals surface area contributed by atoms with Gasteiger partial charge in [-0.1, -0.05) is 12.1 Å². The molecule has 0 bridgehead atoms. The average Bonchev–Trinajstić information content (AvgIpc) is 2.44. The number of hydrogen-bond donors (Lipinski definition) is 4. The molecule has 0 heterocycles. The molecule has 0 atom stereocenters. The van der Waals surface area contributed by atoms with Crippen LogP contribution in [0.25, 0.3) is 0 Å². The van der Waals surface area contributed by atoms with Crippen molar-refractivity contribution in [2.24, 2.45) is 0 Å². The lowest BCUT2D eigenvalue weighted by atomic mass is 10.1. The summed E-state index contributed by atoms with van der Waals surface area (Å²) >= 11 is 0. The van der Waals surface area contributed by atoms with E-state index in [1.165, 1.54) is 0 Å². The Hall–Kier alpha value is -2.89. The Morgan fingerprint density at radius 3 is 2.43 bits per heavy atom. The van der Waals surface area contributed by atoms with Crippen LogP contribution in [0.3, 0.4) is 0 Å². The van der Waals surface area contributed by atoms with E-state index in [-0.39, 0.29) is 17.9 Å². The summed E-state index contributed by atoms with van der Waals surface area (Å²) in [7, 11) is 1.55. The van der Waals surface area contributed by atoms with Crippen molar-refractivity contribution in [3.05, 3.63) is 47.5 Å². The van der Waals surface area contributed by atoms with Gasteiger partial charge in [-0.3, -0.25) is 4.79 Å². The molecule has 0 saturated carbocycles. The molecule has 110 valence electrons. The van der Waals surface area contributed by atoms with Crippen molar-refractivity contribution in [2.75, 3.05) is 7.11 Å². The van der Waals surface area contributed by atoms with Gasteiger partial charge in [0.15, 0.2) is 0 Å². The van der Waals surface area contributed by atoms with Crippen molar-refractivity contribution in [3.63, 3.8) is 0 Å². The number of rotatable bonds is 4. The van der Waals surface area contributed by atoms with E-state index >= 15 is 0 Å². The van der Waals surface area contributed by atoms with Gasteiger partial charge in [-0.2, -0.15) is 0 Å². The zero-order chi connectivity index (χ0) is 15.4. The standard InChI is InChI=1S/C15H15NO5/c1-21-11-4-2-3-9(5-11)8-16-15(20)14-12(18)6-10(17)7-13(14)19/h2-7,17-19H,8H2,1H3,(H,16,20). The lowest BCUT2D eigenvalue weighted by molar-refractivity contribution is 0.0945. The zero-order valence-electron chi connectivity index (χ0n) is 11.3. The van der Waals surface area contributed by atoms with Crippen LogP contribution in [0.2, 0.25) is 0 Å². The Morgan fingerprint density at radius 2 is 1.81 bits per heavy atom. The number of methoxy groups -OCH3 is 1. The van der Waals surface area contributed by atoms with Gasteiger partial charge in [0.2, 0.25) is 0 Å². The largest absolute Gasteiger partial charge is 0.508 e. The Kier molecular flexibility index (Phi) is 4.18. The summed E-state index contributed by atoms with van der Waals surface area (Å²) in [6.45, 7) is 0.204. The minimum Gasteiger partial charge on any atom is -0.508 e. The van der Waals surface area contributed by atoms with Gasteiger partial charge in [-0.05, 0) is 17.7 Å². The van der Waals surface area contributed by atoms with Crippen molar-refractivity contribution in [1.29, 1.82) is 0 Å². The molecule has 2 aromatic carbocycles. The second kappa shape index (κ2) is 6.04. The van der Waals surface area contributed by atoms with E-state index in [2.05, 4.69) is 5.32 Å². The highest BCUT2D eigenvalue weighted by molar-refractivity contribution is 5.99. The highest BCUT2D eigenvalue weighted by Crippen LogP contribution is 2.31. The van der Waals surface area contributed by atoms with Crippen LogP contribution >= 0.6 is 0 Å². The molecule has 4 N–H and O–H groups in total. The van der Waals surface area contributed by atoms with Crippen LogP contribution in [0.1, 0.15) is 15.9 Å². The maximum atomic E-state index is 12.0. The molecule has 0 saturated heterocycles. The maximum Gasteiger partial charge on any atom is 0.259 e. The van der Waals surface area contributed by atoms with Crippen LogP contribution in [0, 0.1) is 0 Å². The number of aromatic hydroxyl groups is 3. The fourth-order valence-corrected chi connectivity index (χ4v) is 1.88. The Balaban J connectivity index is 2.12. The van der Waals surface area contributed by atoms with Gasteiger partial charge in [-0.15, -0.1) is 0 Å². The second-order valence-electron chi connectivity index (χ2n) is 4.39. The lowest BCUT2D eigenvalue weighted by Crippen LogP contribution is -2.23. The number of phenolic OH excluding ortho intramolecular Hbond substituents is 3. The molecule has 0 aromatic heterocycles. The summed E-state index contributed by atoms with van der Waals surface area (Å²) in [4.78, 5) is 12.0. The quantitative estimate of drug-likeness (QED) is 0.687. The predicted molar refractivity (Wildman–Crippen MR) is 75.6 cm³/mol. The van der Waals surface area contributed by atoms with Gasteiger partial charge in [-0.25, -0.2) is 0 Å². The normalized spacial score (nSPS) is 10.1. The van der Waals surface area contributed by atoms with Crippen molar-refractivity contribution in [3.8, 4) is 23.0 Å². The summed E-state index contributed by atoms with van der Waals surface area (Å²) in [6.07, 6.45) is 0. The van der Waals surface area contributed by atoms with E-state index in [1.807, 2.05) is 0 Å². The molecule has 1 amide bonds. The van der Waals surface area contributed by atoms with Crippen LogP contribution in [0.15, 0.2) is 36.4 Å². The summed E-state index contributed by atoms with van der Waals surface area (Å²) < 4.78 is 5.08. The third kappa shape index (κ3) is 3.36. The highest BCUT2D eigenvalue weighted by Gasteiger charge is 2.17. The number of benzene rings is 2. The molecule has 21 heavy (non-hydrogen) atoms. The van der Waals surface area contributed by atoms with E-state index in [4.69, 9.17) is 4.74 Å². The van der Waals surface area contributed by atoms with Crippen LogP contribution in [-0.4, -0.2) is 28.3 Å². The summed E-state index contributed by atoms with van der Waals surface area (Å²) in [5.41, 5.74) is 0.524. The molecule has 2 aromatic rings. The third-order valence-electron chi connectivity index (χ3n) is 2.90. The maximum absolute atomic E-state index is 12.0. The predicted octanol–water partition coefficient (Wildman–Crippen LogP) is 1.74. The third-order valence-corrected chi connectivity index (χ3v) is 2.90. The molecule has 0 aliphatic rings.